The minimum absolute atomic E-state index is 0.102. The number of carboxylic acid groups (broad SMARTS) is 1. The lowest BCUT2D eigenvalue weighted by Crippen LogP contribution is -2.00. The van der Waals surface area contributed by atoms with Crippen LogP contribution in [0.15, 0.2) is 41.0 Å². The molecule has 0 atom stereocenters. The molecule has 0 aliphatic heterocycles. The predicted molar refractivity (Wildman–Crippen MR) is 70.1 cm³/mol. The molecule has 0 amide bonds. The molecule has 0 spiro atoms. The summed E-state index contributed by atoms with van der Waals surface area (Å²) >= 11 is 3.23. The molecule has 0 saturated carbocycles. The molecule has 1 aromatic heterocycles. The first-order valence-electron chi connectivity index (χ1n) is 5.19. The number of hydrogen-bond donors (Lipinski definition) is 1. The second-order valence-corrected chi connectivity index (χ2v) is 4.60. The van der Waals surface area contributed by atoms with Crippen molar-refractivity contribution in [3.05, 3.63) is 52.3 Å². The molecule has 0 unspecified atom stereocenters. The Morgan fingerprint density at radius 2 is 2.11 bits per heavy atom. The third-order valence-corrected chi connectivity index (χ3v) is 2.78. The van der Waals surface area contributed by atoms with Gasteiger partial charge in [-0.05, 0) is 37.3 Å². The van der Waals surface area contributed by atoms with E-state index in [1.165, 1.54) is 6.07 Å². The number of benzene rings is 1. The number of ether oxygens (including phenoxy) is 1. The van der Waals surface area contributed by atoms with Crippen LogP contribution in [0.5, 0.6) is 11.5 Å². The highest BCUT2D eigenvalue weighted by Gasteiger charge is 2.12. The summed E-state index contributed by atoms with van der Waals surface area (Å²) in [5.74, 6) is -0.242. The molecule has 92 valence electrons. The maximum Gasteiger partial charge on any atom is 0.339 e. The molecule has 4 nitrogen and oxygen atoms in total. The van der Waals surface area contributed by atoms with Gasteiger partial charge in [0.25, 0.3) is 0 Å². The summed E-state index contributed by atoms with van der Waals surface area (Å²) in [6.07, 6.45) is 1.56. The molecule has 2 rings (SSSR count). The van der Waals surface area contributed by atoms with Gasteiger partial charge in [0.05, 0.1) is 6.20 Å². The normalized spacial score (nSPS) is 10.1. The number of halogens is 1. The number of rotatable bonds is 3. The van der Waals surface area contributed by atoms with Crippen LogP contribution in [0, 0.1) is 6.92 Å². The molecule has 0 fully saturated rings. The zero-order valence-corrected chi connectivity index (χ0v) is 11.1. The van der Waals surface area contributed by atoms with Crippen molar-refractivity contribution in [1.82, 2.24) is 4.98 Å². The monoisotopic (exact) mass is 307 g/mol. The Hall–Kier alpha value is -1.88. The molecule has 5 heteroatoms. The van der Waals surface area contributed by atoms with Crippen LogP contribution in [0.4, 0.5) is 0 Å². The summed E-state index contributed by atoms with van der Waals surface area (Å²) in [6, 6.07) is 8.38. The molecule has 0 saturated heterocycles. The lowest BCUT2D eigenvalue weighted by molar-refractivity contribution is 0.0694. The molecule has 18 heavy (non-hydrogen) atoms. The van der Waals surface area contributed by atoms with Crippen molar-refractivity contribution >= 4 is 21.9 Å². The first-order valence-corrected chi connectivity index (χ1v) is 5.99. The molecule has 0 radical (unpaired) electrons. The van der Waals surface area contributed by atoms with Gasteiger partial charge in [-0.1, -0.05) is 15.9 Å². The van der Waals surface area contributed by atoms with E-state index in [2.05, 4.69) is 20.9 Å². The van der Waals surface area contributed by atoms with E-state index in [-0.39, 0.29) is 11.3 Å². The van der Waals surface area contributed by atoms with Crippen molar-refractivity contribution < 1.29 is 14.6 Å². The van der Waals surface area contributed by atoms with E-state index in [0.717, 1.165) is 5.69 Å². The topological polar surface area (TPSA) is 59.4 Å². The van der Waals surface area contributed by atoms with E-state index in [1.54, 1.807) is 30.5 Å². The number of pyridine rings is 1. The second kappa shape index (κ2) is 5.18. The first-order chi connectivity index (χ1) is 8.56. The summed E-state index contributed by atoms with van der Waals surface area (Å²) < 4.78 is 6.21. The third kappa shape index (κ3) is 2.87. The molecule has 1 heterocycles. The van der Waals surface area contributed by atoms with E-state index < -0.39 is 5.97 Å². The first kappa shape index (κ1) is 12.6. The van der Waals surface area contributed by atoms with Crippen LogP contribution in [0.25, 0.3) is 0 Å². The zero-order chi connectivity index (χ0) is 13.1. The van der Waals surface area contributed by atoms with Gasteiger partial charge in [0.1, 0.15) is 17.1 Å². The second-order valence-electron chi connectivity index (χ2n) is 3.68. The number of carbonyl (C=O) groups is 1. The minimum Gasteiger partial charge on any atom is -0.478 e. The van der Waals surface area contributed by atoms with Gasteiger partial charge in [0, 0.05) is 10.2 Å². The molecule has 0 aliphatic carbocycles. The van der Waals surface area contributed by atoms with Crippen LogP contribution in [0.2, 0.25) is 0 Å². The number of hydrogen-bond acceptors (Lipinski definition) is 3. The Bertz CT molecular complexity index is 581. The number of aromatic carboxylic acids is 1. The average Bonchev–Trinajstić information content (AvgIpc) is 2.34. The zero-order valence-electron chi connectivity index (χ0n) is 9.55. The van der Waals surface area contributed by atoms with E-state index in [1.807, 2.05) is 6.92 Å². The van der Waals surface area contributed by atoms with Crippen LogP contribution >= 0.6 is 15.9 Å². The van der Waals surface area contributed by atoms with Crippen LogP contribution in [0.3, 0.4) is 0 Å². The van der Waals surface area contributed by atoms with Crippen molar-refractivity contribution in [2.24, 2.45) is 0 Å². The highest BCUT2D eigenvalue weighted by Crippen LogP contribution is 2.27. The van der Waals surface area contributed by atoms with Crippen LogP contribution in [0.1, 0.15) is 16.1 Å². The average molecular weight is 308 g/mol. The Kier molecular flexibility index (Phi) is 3.62. The van der Waals surface area contributed by atoms with Crippen molar-refractivity contribution in [1.29, 1.82) is 0 Å². The molecular formula is C13H10BrNO3. The molecular weight excluding hydrogens is 298 g/mol. The standard InChI is InChI=1S/C13H10BrNO3/c1-8-2-4-10(7-15-8)18-12-5-3-9(14)6-11(12)13(16)17/h2-7H,1H3,(H,16,17). The van der Waals surface area contributed by atoms with Gasteiger partial charge in [-0.15, -0.1) is 0 Å². The highest BCUT2D eigenvalue weighted by molar-refractivity contribution is 9.10. The lowest BCUT2D eigenvalue weighted by Gasteiger charge is -2.08. The van der Waals surface area contributed by atoms with Crippen molar-refractivity contribution in [3.63, 3.8) is 0 Å². The van der Waals surface area contributed by atoms with Crippen LogP contribution in [-0.2, 0) is 0 Å². The fourth-order valence-electron chi connectivity index (χ4n) is 1.40. The van der Waals surface area contributed by atoms with E-state index >= 15 is 0 Å². The fraction of sp³-hybridized carbons (Fsp3) is 0.0769. The van der Waals surface area contributed by atoms with Crippen molar-refractivity contribution in [2.45, 2.75) is 6.92 Å². The number of carboxylic acids is 1. The van der Waals surface area contributed by atoms with Gasteiger partial charge in [0.2, 0.25) is 0 Å². The summed E-state index contributed by atoms with van der Waals surface area (Å²) in [6.45, 7) is 1.87. The maximum atomic E-state index is 11.1. The van der Waals surface area contributed by atoms with E-state index in [4.69, 9.17) is 9.84 Å². The fourth-order valence-corrected chi connectivity index (χ4v) is 1.76. The van der Waals surface area contributed by atoms with Gasteiger partial charge < -0.3 is 9.84 Å². The van der Waals surface area contributed by atoms with Crippen molar-refractivity contribution in [3.8, 4) is 11.5 Å². The van der Waals surface area contributed by atoms with E-state index in [9.17, 15) is 4.79 Å². The summed E-state index contributed by atoms with van der Waals surface area (Å²) in [5.41, 5.74) is 0.974. The Morgan fingerprint density at radius 1 is 1.33 bits per heavy atom. The SMILES string of the molecule is Cc1ccc(Oc2ccc(Br)cc2C(=O)O)cn1. The molecule has 0 aliphatic rings. The maximum absolute atomic E-state index is 11.1. The molecule has 0 bridgehead atoms. The van der Waals surface area contributed by atoms with E-state index in [0.29, 0.717) is 10.2 Å². The summed E-state index contributed by atoms with van der Waals surface area (Å²) in [4.78, 5) is 15.2. The molecule has 2 aromatic rings. The Labute approximate surface area is 112 Å². The Balaban J connectivity index is 2.34. The van der Waals surface area contributed by atoms with Crippen molar-refractivity contribution in [2.75, 3.05) is 0 Å². The van der Waals surface area contributed by atoms with Crippen LogP contribution in [-0.4, -0.2) is 16.1 Å². The lowest BCUT2D eigenvalue weighted by atomic mass is 10.2. The third-order valence-electron chi connectivity index (χ3n) is 2.28. The number of aromatic nitrogens is 1. The summed E-state index contributed by atoms with van der Waals surface area (Å²) in [7, 11) is 0. The van der Waals surface area contributed by atoms with Gasteiger partial charge in [0.15, 0.2) is 0 Å². The van der Waals surface area contributed by atoms with Gasteiger partial charge in [-0.25, -0.2) is 4.79 Å². The van der Waals surface area contributed by atoms with Gasteiger partial charge in [-0.2, -0.15) is 0 Å². The minimum atomic E-state index is -1.04. The summed E-state index contributed by atoms with van der Waals surface area (Å²) in [5, 5.41) is 9.10. The van der Waals surface area contributed by atoms with Crippen LogP contribution < -0.4 is 4.74 Å². The highest BCUT2D eigenvalue weighted by atomic mass is 79.9. The number of aryl methyl sites for hydroxylation is 1. The Morgan fingerprint density at radius 3 is 2.72 bits per heavy atom. The van der Waals surface area contributed by atoms with Gasteiger partial charge >= 0.3 is 5.97 Å². The molecule has 1 aromatic carbocycles. The smallest absolute Gasteiger partial charge is 0.339 e. The number of nitrogens with zero attached hydrogens (tertiary/aromatic N) is 1. The quantitative estimate of drug-likeness (QED) is 0.940. The van der Waals surface area contributed by atoms with Gasteiger partial charge in [-0.3, -0.25) is 4.98 Å². The molecule has 1 N–H and O–H groups in total. The largest absolute Gasteiger partial charge is 0.478 e. The predicted octanol–water partition coefficient (Wildman–Crippen LogP) is 3.64.